The molecule has 1 aromatic rings. The third kappa shape index (κ3) is 4.84. The Morgan fingerprint density at radius 2 is 1.81 bits per heavy atom. The highest BCUT2D eigenvalue weighted by atomic mass is 32.1. The minimum absolute atomic E-state index is 0.0213. The fourth-order valence-corrected chi connectivity index (χ4v) is 5.66. The molecular weight excluding hydrogens is 428 g/mol. The molecular formula is C24H32N2O5S. The number of amides is 1. The molecule has 0 spiro atoms. The van der Waals surface area contributed by atoms with Gasteiger partial charge in [0.2, 0.25) is 0 Å². The van der Waals surface area contributed by atoms with Crippen molar-refractivity contribution in [1.29, 1.82) is 0 Å². The summed E-state index contributed by atoms with van der Waals surface area (Å²) in [5.41, 5.74) is 5.43. The van der Waals surface area contributed by atoms with E-state index >= 15 is 0 Å². The van der Waals surface area contributed by atoms with E-state index in [9.17, 15) is 24.6 Å². The fraction of sp³-hybridized carbons (Fsp3) is 0.625. The molecule has 0 aromatic carbocycles. The Morgan fingerprint density at radius 1 is 1.19 bits per heavy atom. The zero-order chi connectivity index (χ0) is 23.8. The Bertz CT molecular complexity index is 975. The van der Waals surface area contributed by atoms with E-state index in [2.05, 4.69) is 18.8 Å². The largest absolute Gasteiger partial charge is 0.477 e. The number of thiophene rings is 1. The van der Waals surface area contributed by atoms with Gasteiger partial charge in [0.15, 0.2) is 5.78 Å². The summed E-state index contributed by atoms with van der Waals surface area (Å²) < 4.78 is 0. The van der Waals surface area contributed by atoms with Gasteiger partial charge in [0, 0.05) is 23.4 Å². The van der Waals surface area contributed by atoms with Crippen LogP contribution in [0.15, 0.2) is 6.07 Å². The van der Waals surface area contributed by atoms with Gasteiger partial charge < -0.3 is 15.9 Å². The Balaban J connectivity index is 2.06. The standard InChI is InChI=1S/C24H32N2O5S/c1-14-5-7-15(8-6-14)18(27)20-24(25,11-12-26(20)22(30)31)17-13-16(9-10-23(2,3)4)32-19(17)21(28)29/h13-15,20H,5-8,11-12,25H2,1-4H3,(H,28,29)(H,30,31)/t14-,15-,20?,24-/m0/s1. The molecule has 174 valence electrons. The number of rotatable bonds is 4. The summed E-state index contributed by atoms with van der Waals surface area (Å²) in [7, 11) is 0. The summed E-state index contributed by atoms with van der Waals surface area (Å²) in [5, 5.41) is 19.6. The van der Waals surface area contributed by atoms with Gasteiger partial charge in [0.05, 0.1) is 10.4 Å². The van der Waals surface area contributed by atoms with Gasteiger partial charge in [-0.05, 0) is 52.0 Å². The highest BCUT2D eigenvalue weighted by Gasteiger charge is 2.54. The zero-order valence-electron chi connectivity index (χ0n) is 19.1. The van der Waals surface area contributed by atoms with Crippen LogP contribution in [0.2, 0.25) is 0 Å². The van der Waals surface area contributed by atoms with Gasteiger partial charge in [-0.3, -0.25) is 9.69 Å². The molecule has 1 aliphatic heterocycles. The molecule has 8 heteroatoms. The molecule has 7 nitrogen and oxygen atoms in total. The van der Waals surface area contributed by atoms with Gasteiger partial charge in [-0.15, -0.1) is 11.3 Å². The predicted octanol–water partition coefficient (Wildman–Crippen LogP) is 4.15. The monoisotopic (exact) mass is 460 g/mol. The van der Waals surface area contributed by atoms with Crippen LogP contribution in [0.3, 0.4) is 0 Å². The second-order valence-corrected chi connectivity index (χ2v) is 11.2. The predicted molar refractivity (Wildman–Crippen MR) is 123 cm³/mol. The number of carbonyl (C=O) groups is 3. The summed E-state index contributed by atoms with van der Waals surface area (Å²) in [6, 6.07) is 0.538. The number of aromatic carboxylic acids is 1. The fourth-order valence-electron chi connectivity index (χ4n) is 4.72. The van der Waals surface area contributed by atoms with E-state index in [-0.39, 0.29) is 35.0 Å². The lowest BCUT2D eigenvalue weighted by atomic mass is 9.74. The average Bonchev–Trinajstić information content (AvgIpc) is 3.28. The smallest absolute Gasteiger partial charge is 0.407 e. The number of hydrogen-bond acceptors (Lipinski definition) is 5. The van der Waals surface area contributed by atoms with Crippen LogP contribution in [0, 0.1) is 29.1 Å². The van der Waals surface area contributed by atoms with Gasteiger partial charge in [0.1, 0.15) is 10.9 Å². The molecule has 0 bridgehead atoms. The number of Topliss-reactive ketones (excluding diaryl/α,β-unsaturated/α-hetero) is 1. The van der Waals surface area contributed by atoms with Crippen molar-refractivity contribution in [2.75, 3.05) is 6.54 Å². The summed E-state index contributed by atoms with van der Waals surface area (Å²) >= 11 is 1.02. The number of nitrogens with two attached hydrogens (primary N) is 1. The first kappa shape index (κ1) is 24.3. The molecule has 1 amide bonds. The van der Waals surface area contributed by atoms with E-state index in [4.69, 9.17) is 5.73 Å². The number of hydrogen-bond donors (Lipinski definition) is 3. The molecule has 0 radical (unpaired) electrons. The molecule has 2 atom stereocenters. The van der Waals surface area contributed by atoms with Crippen LogP contribution in [0.25, 0.3) is 0 Å². The summed E-state index contributed by atoms with van der Waals surface area (Å²) in [6.07, 6.45) is 2.22. The lowest BCUT2D eigenvalue weighted by Gasteiger charge is -2.36. The third-order valence-corrected chi connectivity index (χ3v) is 7.53. The van der Waals surface area contributed by atoms with Crippen molar-refractivity contribution in [3.8, 4) is 11.8 Å². The SMILES string of the molecule is CC(C)(C)C#Cc1cc([C@@]2(N)CCN(C(=O)O)C2C(=O)[C@H]2CC[C@H](C)CC2)c(C(=O)O)s1. The Hall–Kier alpha value is -2.37. The molecule has 2 fully saturated rings. The van der Waals surface area contributed by atoms with Crippen molar-refractivity contribution in [2.45, 2.75) is 71.4 Å². The van der Waals surface area contributed by atoms with Crippen LogP contribution in [-0.4, -0.2) is 45.5 Å². The van der Waals surface area contributed by atoms with Crippen LogP contribution < -0.4 is 5.73 Å². The molecule has 4 N–H and O–H groups in total. The lowest BCUT2D eigenvalue weighted by Crippen LogP contribution is -2.56. The van der Waals surface area contributed by atoms with E-state index in [0.717, 1.165) is 29.1 Å². The van der Waals surface area contributed by atoms with E-state index in [1.165, 1.54) is 0 Å². The van der Waals surface area contributed by atoms with Crippen LogP contribution in [-0.2, 0) is 10.3 Å². The minimum Gasteiger partial charge on any atom is -0.477 e. The molecule has 1 unspecified atom stereocenters. The second-order valence-electron chi connectivity index (χ2n) is 10.2. The van der Waals surface area contributed by atoms with E-state index in [1.807, 2.05) is 20.8 Å². The van der Waals surface area contributed by atoms with Crippen molar-refractivity contribution in [3.63, 3.8) is 0 Å². The Labute approximate surface area is 193 Å². The summed E-state index contributed by atoms with van der Waals surface area (Å²) in [6.45, 7) is 8.11. The Morgan fingerprint density at radius 3 is 2.34 bits per heavy atom. The van der Waals surface area contributed by atoms with E-state index in [0.29, 0.717) is 29.2 Å². The van der Waals surface area contributed by atoms with Gasteiger partial charge in [-0.1, -0.05) is 31.6 Å². The first-order valence-electron chi connectivity index (χ1n) is 11.1. The highest BCUT2D eigenvalue weighted by Crippen LogP contribution is 2.43. The van der Waals surface area contributed by atoms with Crippen molar-refractivity contribution in [3.05, 3.63) is 21.4 Å². The van der Waals surface area contributed by atoms with Gasteiger partial charge in [-0.25, -0.2) is 9.59 Å². The first-order chi connectivity index (χ1) is 14.8. The molecule has 3 rings (SSSR count). The van der Waals surface area contributed by atoms with Crippen molar-refractivity contribution < 1.29 is 24.6 Å². The maximum Gasteiger partial charge on any atom is 0.407 e. The molecule has 1 aliphatic carbocycles. The first-order valence-corrected chi connectivity index (χ1v) is 11.9. The highest BCUT2D eigenvalue weighted by molar-refractivity contribution is 7.14. The molecule has 1 aromatic heterocycles. The summed E-state index contributed by atoms with van der Waals surface area (Å²) in [5.74, 6) is 5.06. The average molecular weight is 461 g/mol. The number of likely N-dealkylation sites (tertiary alicyclic amines) is 1. The quantitative estimate of drug-likeness (QED) is 0.581. The van der Waals surface area contributed by atoms with Crippen LogP contribution >= 0.6 is 11.3 Å². The van der Waals surface area contributed by atoms with E-state index < -0.39 is 23.6 Å². The summed E-state index contributed by atoms with van der Waals surface area (Å²) in [4.78, 5) is 39.3. The number of nitrogens with zero attached hydrogens (tertiary/aromatic N) is 1. The number of carboxylic acids is 1. The Kier molecular flexibility index (Phi) is 6.73. The maximum absolute atomic E-state index is 13.6. The normalized spacial score (nSPS) is 28.2. The number of carboxylic acid groups (broad SMARTS) is 2. The molecule has 1 saturated heterocycles. The topological polar surface area (TPSA) is 121 Å². The van der Waals surface area contributed by atoms with Gasteiger partial charge >= 0.3 is 12.1 Å². The van der Waals surface area contributed by atoms with Crippen molar-refractivity contribution in [2.24, 2.45) is 23.0 Å². The van der Waals surface area contributed by atoms with Gasteiger partial charge in [0.25, 0.3) is 0 Å². The molecule has 32 heavy (non-hydrogen) atoms. The van der Waals surface area contributed by atoms with E-state index in [1.54, 1.807) is 6.07 Å². The van der Waals surface area contributed by atoms with Crippen LogP contribution in [0.1, 0.15) is 79.9 Å². The van der Waals surface area contributed by atoms with Crippen molar-refractivity contribution in [1.82, 2.24) is 4.90 Å². The van der Waals surface area contributed by atoms with Crippen molar-refractivity contribution >= 4 is 29.2 Å². The van der Waals surface area contributed by atoms with Crippen LogP contribution in [0.4, 0.5) is 4.79 Å². The number of carbonyl (C=O) groups excluding carboxylic acids is 1. The minimum atomic E-state index is -1.40. The second kappa shape index (κ2) is 8.87. The number of ketones is 1. The molecule has 1 saturated carbocycles. The van der Waals surface area contributed by atoms with Crippen LogP contribution in [0.5, 0.6) is 0 Å². The third-order valence-electron chi connectivity index (χ3n) is 6.49. The maximum atomic E-state index is 13.6. The zero-order valence-corrected chi connectivity index (χ0v) is 19.9. The van der Waals surface area contributed by atoms with Gasteiger partial charge in [-0.2, -0.15) is 0 Å². The lowest BCUT2D eigenvalue weighted by molar-refractivity contribution is -0.129. The molecule has 2 aliphatic rings. The molecule has 2 heterocycles.